The number of halogens is 1. The van der Waals surface area contributed by atoms with E-state index >= 15 is 0 Å². The number of nitrogen functional groups attached to an aromatic ring is 2. The van der Waals surface area contributed by atoms with Gasteiger partial charge in [0.15, 0.2) is 5.78 Å². The van der Waals surface area contributed by atoms with Gasteiger partial charge in [-0.05, 0) is 48.5 Å². The number of benzene rings is 3. The second-order valence-electron chi connectivity index (χ2n) is 6.10. The minimum atomic E-state index is -0.402. The van der Waals surface area contributed by atoms with E-state index in [0.717, 1.165) is 5.56 Å². The number of anilines is 4. The lowest BCUT2D eigenvalue weighted by Crippen LogP contribution is -2.04. The van der Waals surface area contributed by atoms with Crippen molar-refractivity contribution in [2.75, 3.05) is 16.8 Å². The van der Waals surface area contributed by atoms with Crippen LogP contribution in [-0.4, -0.2) is 5.78 Å². The van der Waals surface area contributed by atoms with Gasteiger partial charge in [0.25, 0.3) is 0 Å². The third kappa shape index (κ3) is 2.82. The molecule has 0 fully saturated rings. The quantitative estimate of drug-likeness (QED) is 0.611. The molecule has 0 atom stereocenters. The summed E-state index contributed by atoms with van der Waals surface area (Å²) in [6.45, 7) is 0.251. The predicted octanol–water partition coefficient (Wildman–Crippen LogP) is 3.86. The Bertz CT molecular complexity index is 1030. The zero-order valence-corrected chi connectivity index (χ0v) is 13.8. The van der Waals surface area contributed by atoms with E-state index in [-0.39, 0.29) is 12.4 Å². The number of carbonyl (C=O) groups is 1. The molecule has 0 spiro atoms. The number of rotatable bonds is 2. The van der Waals surface area contributed by atoms with Gasteiger partial charge >= 0.3 is 0 Å². The van der Waals surface area contributed by atoms with E-state index in [1.807, 2.05) is 0 Å². The van der Waals surface area contributed by atoms with Crippen LogP contribution in [0.4, 0.5) is 27.1 Å². The fourth-order valence-electron chi connectivity index (χ4n) is 2.97. The van der Waals surface area contributed by atoms with Crippen molar-refractivity contribution in [2.45, 2.75) is 6.61 Å². The minimum Gasteiger partial charge on any atom is -0.488 e. The van der Waals surface area contributed by atoms with Crippen LogP contribution in [0.25, 0.3) is 0 Å². The molecule has 0 bridgehead atoms. The lowest BCUT2D eigenvalue weighted by Gasteiger charge is -2.12. The molecule has 6 heteroatoms. The first-order valence-electron chi connectivity index (χ1n) is 8.03. The summed E-state index contributed by atoms with van der Waals surface area (Å²) in [5.41, 5.74) is 15.6. The molecule has 0 radical (unpaired) electrons. The smallest absolute Gasteiger partial charge is 0.197 e. The fraction of sp³-hybridized carbons (Fsp3) is 0.0500. The first kappa shape index (κ1) is 16.0. The van der Waals surface area contributed by atoms with Gasteiger partial charge in [-0.25, -0.2) is 4.39 Å². The highest BCUT2D eigenvalue weighted by Gasteiger charge is 2.22. The summed E-state index contributed by atoms with van der Waals surface area (Å²) in [5.74, 6) is -0.0447. The van der Waals surface area contributed by atoms with Crippen molar-refractivity contribution >= 4 is 28.5 Å². The standard InChI is InChI=1S/C20H16FN3O2/c21-12-1-6-18(17(23)8-12)24-14-3-5-16-19(9-14)26-10-11-7-13(22)2-4-15(11)20(16)25/h1-9,24H,10,22-23H2. The van der Waals surface area contributed by atoms with E-state index in [1.54, 1.807) is 42.5 Å². The average molecular weight is 349 g/mol. The van der Waals surface area contributed by atoms with E-state index in [1.165, 1.54) is 12.1 Å². The molecule has 0 unspecified atom stereocenters. The summed E-state index contributed by atoms with van der Waals surface area (Å²) >= 11 is 0. The molecule has 4 rings (SSSR count). The minimum absolute atomic E-state index is 0.111. The number of nitrogens with one attached hydrogen (secondary N) is 1. The molecule has 5 nitrogen and oxygen atoms in total. The number of hydrogen-bond acceptors (Lipinski definition) is 5. The van der Waals surface area contributed by atoms with E-state index in [9.17, 15) is 9.18 Å². The van der Waals surface area contributed by atoms with E-state index in [4.69, 9.17) is 16.2 Å². The maximum atomic E-state index is 13.2. The van der Waals surface area contributed by atoms with E-state index < -0.39 is 5.82 Å². The van der Waals surface area contributed by atoms with Crippen LogP contribution in [0.1, 0.15) is 21.5 Å². The van der Waals surface area contributed by atoms with Crippen molar-refractivity contribution in [2.24, 2.45) is 0 Å². The summed E-state index contributed by atoms with van der Waals surface area (Å²) in [6, 6.07) is 14.5. The molecule has 3 aromatic carbocycles. The topological polar surface area (TPSA) is 90.4 Å². The maximum absolute atomic E-state index is 13.2. The van der Waals surface area contributed by atoms with Gasteiger partial charge in [-0.15, -0.1) is 0 Å². The molecule has 130 valence electrons. The predicted molar refractivity (Wildman–Crippen MR) is 99.2 cm³/mol. The van der Waals surface area contributed by atoms with Gasteiger partial charge in [0, 0.05) is 28.6 Å². The van der Waals surface area contributed by atoms with Crippen LogP contribution in [-0.2, 0) is 6.61 Å². The Labute approximate surface area is 149 Å². The van der Waals surface area contributed by atoms with Crippen molar-refractivity contribution in [3.05, 3.63) is 77.1 Å². The lowest BCUT2D eigenvalue weighted by atomic mass is 9.98. The second-order valence-corrected chi connectivity index (χ2v) is 6.10. The zero-order chi connectivity index (χ0) is 18.3. The molecule has 0 saturated heterocycles. The lowest BCUT2D eigenvalue weighted by molar-refractivity contribution is 0.103. The highest BCUT2D eigenvalue weighted by Crippen LogP contribution is 2.33. The molecule has 0 aromatic heterocycles. The zero-order valence-electron chi connectivity index (χ0n) is 13.8. The number of hydrogen-bond donors (Lipinski definition) is 3. The first-order valence-corrected chi connectivity index (χ1v) is 8.03. The second kappa shape index (κ2) is 6.07. The van der Waals surface area contributed by atoms with Gasteiger partial charge in [-0.2, -0.15) is 0 Å². The average Bonchev–Trinajstić information content (AvgIpc) is 2.74. The third-order valence-corrected chi connectivity index (χ3v) is 4.28. The van der Waals surface area contributed by atoms with Crippen molar-refractivity contribution in [3.63, 3.8) is 0 Å². The summed E-state index contributed by atoms with van der Waals surface area (Å²) in [6.07, 6.45) is 0. The van der Waals surface area contributed by atoms with E-state index in [0.29, 0.717) is 39.6 Å². The molecular weight excluding hydrogens is 333 g/mol. The Morgan fingerprint density at radius 2 is 1.77 bits per heavy atom. The van der Waals surface area contributed by atoms with Crippen molar-refractivity contribution in [1.82, 2.24) is 0 Å². The summed E-state index contributed by atoms with van der Waals surface area (Å²) in [7, 11) is 0. The number of ketones is 1. The van der Waals surface area contributed by atoms with Crippen LogP contribution in [0, 0.1) is 5.82 Å². The Hall–Kier alpha value is -3.54. The largest absolute Gasteiger partial charge is 0.488 e. The van der Waals surface area contributed by atoms with Crippen LogP contribution < -0.4 is 21.5 Å². The molecule has 1 aliphatic rings. The van der Waals surface area contributed by atoms with Crippen LogP contribution >= 0.6 is 0 Å². The number of carbonyl (C=O) groups excluding carboxylic acids is 1. The Kier molecular flexibility index (Phi) is 3.73. The monoisotopic (exact) mass is 349 g/mol. The highest BCUT2D eigenvalue weighted by molar-refractivity contribution is 6.12. The van der Waals surface area contributed by atoms with Gasteiger partial charge in [0.1, 0.15) is 18.2 Å². The van der Waals surface area contributed by atoms with Crippen molar-refractivity contribution in [3.8, 4) is 5.75 Å². The molecule has 0 amide bonds. The first-order chi connectivity index (χ1) is 12.5. The SMILES string of the molecule is Nc1ccc2c(c1)COc1cc(Nc3ccc(F)cc3N)ccc1C2=O. The van der Waals surface area contributed by atoms with E-state index in [2.05, 4.69) is 5.32 Å². The van der Waals surface area contributed by atoms with Crippen LogP contribution in [0.2, 0.25) is 0 Å². The summed E-state index contributed by atoms with van der Waals surface area (Å²) in [5, 5.41) is 3.11. The van der Waals surface area contributed by atoms with Gasteiger partial charge in [0.2, 0.25) is 0 Å². The molecule has 3 aromatic rings. The Balaban J connectivity index is 1.68. The summed E-state index contributed by atoms with van der Waals surface area (Å²) < 4.78 is 19.0. The molecular formula is C20H16FN3O2. The van der Waals surface area contributed by atoms with Gasteiger partial charge in [0.05, 0.1) is 16.9 Å². The Morgan fingerprint density at radius 3 is 2.58 bits per heavy atom. The van der Waals surface area contributed by atoms with Gasteiger partial charge < -0.3 is 21.5 Å². The molecule has 0 saturated carbocycles. The van der Waals surface area contributed by atoms with Gasteiger partial charge in [-0.1, -0.05) is 0 Å². The van der Waals surface area contributed by atoms with Crippen molar-refractivity contribution in [1.29, 1.82) is 0 Å². The van der Waals surface area contributed by atoms with Crippen molar-refractivity contribution < 1.29 is 13.9 Å². The van der Waals surface area contributed by atoms with Crippen LogP contribution in [0.15, 0.2) is 54.6 Å². The fourth-order valence-corrected chi connectivity index (χ4v) is 2.97. The molecule has 1 aliphatic heterocycles. The maximum Gasteiger partial charge on any atom is 0.197 e. The van der Waals surface area contributed by atoms with Crippen LogP contribution in [0.5, 0.6) is 5.75 Å². The summed E-state index contributed by atoms with van der Waals surface area (Å²) in [4.78, 5) is 12.8. The number of nitrogens with two attached hydrogens (primary N) is 2. The molecule has 5 N–H and O–H groups in total. The highest BCUT2D eigenvalue weighted by atomic mass is 19.1. The normalized spacial score (nSPS) is 12.6. The number of ether oxygens (including phenoxy) is 1. The molecule has 1 heterocycles. The number of fused-ring (bicyclic) bond motifs is 2. The van der Waals surface area contributed by atoms with Crippen LogP contribution in [0.3, 0.4) is 0 Å². The Morgan fingerprint density at radius 1 is 0.962 bits per heavy atom. The third-order valence-electron chi connectivity index (χ3n) is 4.28. The molecule has 0 aliphatic carbocycles. The molecule has 26 heavy (non-hydrogen) atoms. The van der Waals surface area contributed by atoms with Gasteiger partial charge in [-0.3, -0.25) is 4.79 Å².